The van der Waals surface area contributed by atoms with Crippen molar-refractivity contribution in [3.8, 4) is 17.6 Å². The summed E-state index contributed by atoms with van der Waals surface area (Å²) >= 11 is 1.65. The third-order valence-corrected chi connectivity index (χ3v) is 5.88. The number of likely N-dealkylation sites (tertiary alicyclic amines) is 1. The SMILES string of the molecule is CC(C)Oc1cccc(C(=O)[C@@H]2CCCN(Cc3ccc(C#CC(C)(C)O)s3)C2)c1. The molecule has 160 valence electrons. The van der Waals surface area contributed by atoms with Gasteiger partial charge in [0.2, 0.25) is 0 Å². The van der Waals surface area contributed by atoms with Crippen molar-refractivity contribution < 1.29 is 14.6 Å². The second-order valence-electron chi connectivity index (χ2n) is 8.71. The normalized spacial score (nSPS) is 17.5. The number of Topliss-reactive ketones (excluding diaryl/α,β-unsaturated/α-hetero) is 1. The monoisotopic (exact) mass is 425 g/mol. The van der Waals surface area contributed by atoms with Crippen molar-refractivity contribution in [1.82, 2.24) is 4.90 Å². The van der Waals surface area contributed by atoms with Gasteiger partial charge in [-0.3, -0.25) is 9.69 Å². The summed E-state index contributed by atoms with van der Waals surface area (Å²) in [6.45, 7) is 9.95. The predicted octanol–water partition coefficient (Wildman–Crippen LogP) is 4.75. The molecule has 4 nitrogen and oxygen atoms in total. The number of aliphatic hydroxyl groups is 1. The first-order valence-electron chi connectivity index (χ1n) is 10.6. The number of rotatable bonds is 6. The minimum absolute atomic E-state index is 0.0162. The highest BCUT2D eigenvalue weighted by molar-refractivity contribution is 7.12. The van der Waals surface area contributed by atoms with E-state index in [4.69, 9.17) is 4.74 Å². The van der Waals surface area contributed by atoms with Crippen LogP contribution in [0.15, 0.2) is 36.4 Å². The van der Waals surface area contributed by atoms with Crippen LogP contribution in [0.25, 0.3) is 0 Å². The van der Waals surface area contributed by atoms with Crippen LogP contribution >= 0.6 is 11.3 Å². The number of nitrogens with zero attached hydrogens (tertiary/aromatic N) is 1. The molecule has 1 aliphatic heterocycles. The quantitative estimate of drug-likeness (QED) is 0.536. The fourth-order valence-electron chi connectivity index (χ4n) is 3.61. The molecule has 0 bridgehead atoms. The van der Waals surface area contributed by atoms with E-state index >= 15 is 0 Å². The molecule has 0 radical (unpaired) electrons. The molecule has 1 saturated heterocycles. The van der Waals surface area contributed by atoms with Gasteiger partial charge in [-0.15, -0.1) is 11.3 Å². The van der Waals surface area contributed by atoms with Gasteiger partial charge in [0.25, 0.3) is 0 Å². The first-order chi connectivity index (χ1) is 14.2. The standard InChI is InChI=1S/C25H31NO3S/c1-18(2)29-21-9-5-7-19(15-21)24(27)20-8-6-14-26(16-20)17-23-11-10-22(30-23)12-13-25(3,4)28/h5,7,9-11,15,18,20,28H,6,8,14,16-17H2,1-4H3/t20-/m1/s1. The molecule has 1 aliphatic rings. The van der Waals surface area contributed by atoms with Crippen molar-refractivity contribution >= 4 is 17.1 Å². The van der Waals surface area contributed by atoms with Crippen LogP contribution in [0.1, 0.15) is 60.6 Å². The summed E-state index contributed by atoms with van der Waals surface area (Å²) < 4.78 is 5.75. The fraction of sp³-hybridized carbons (Fsp3) is 0.480. The van der Waals surface area contributed by atoms with Crippen molar-refractivity contribution in [2.75, 3.05) is 13.1 Å². The van der Waals surface area contributed by atoms with E-state index in [1.165, 1.54) is 4.88 Å². The molecule has 0 amide bonds. The van der Waals surface area contributed by atoms with Crippen LogP contribution in [0.5, 0.6) is 5.75 Å². The van der Waals surface area contributed by atoms with E-state index in [0.29, 0.717) is 0 Å². The fourth-order valence-corrected chi connectivity index (χ4v) is 4.51. The highest BCUT2D eigenvalue weighted by Gasteiger charge is 2.27. The number of ether oxygens (including phenoxy) is 1. The summed E-state index contributed by atoms with van der Waals surface area (Å²) in [6, 6.07) is 11.7. The Balaban J connectivity index is 1.62. The van der Waals surface area contributed by atoms with E-state index in [0.717, 1.165) is 48.7 Å². The highest BCUT2D eigenvalue weighted by Crippen LogP contribution is 2.26. The van der Waals surface area contributed by atoms with Gasteiger partial charge in [0.05, 0.1) is 11.0 Å². The smallest absolute Gasteiger partial charge is 0.167 e. The molecule has 0 saturated carbocycles. The lowest BCUT2D eigenvalue weighted by Gasteiger charge is -2.31. The Kier molecular flexibility index (Phi) is 7.36. The summed E-state index contributed by atoms with van der Waals surface area (Å²) in [5, 5.41) is 9.76. The van der Waals surface area contributed by atoms with Gasteiger partial charge in [-0.25, -0.2) is 0 Å². The van der Waals surface area contributed by atoms with Crippen LogP contribution in [0, 0.1) is 17.8 Å². The number of thiophene rings is 1. The largest absolute Gasteiger partial charge is 0.491 e. The number of carbonyl (C=O) groups is 1. The summed E-state index contributed by atoms with van der Waals surface area (Å²) in [4.78, 5) is 17.6. The maximum atomic E-state index is 13.1. The molecular formula is C25H31NO3S. The molecule has 1 aromatic heterocycles. The lowest BCUT2D eigenvalue weighted by atomic mass is 9.90. The minimum atomic E-state index is -0.984. The molecule has 3 rings (SSSR count). The number of benzene rings is 1. The van der Waals surface area contributed by atoms with Crippen LogP contribution < -0.4 is 4.74 Å². The lowest BCUT2D eigenvalue weighted by molar-refractivity contribution is 0.0812. The molecule has 5 heteroatoms. The van der Waals surface area contributed by atoms with E-state index in [9.17, 15) is 9.90 Å². The second-order valence-corrected chi connectivity index (χ2v) is 9.88. The van der Waals surface area contributed by atoms with E-state index in [1.54, 1.807) is 25.2 Å². The summed E-state index contributed by atoms with van der Waals surface area (Å²) in [5.41, 5.74) is -0.248. The molecule has 2 heterocycles. The number of hydrogen-bond donors (Lipinski definition) is 1. The van der Waals surface area contributed by atoms with E-state index in [-0.39, 0.29) is 17.8 Å². The van der Waals surface area contributed by atoms with Crippen molar-refractivity contribution in [2.45, 2.75) is 58.8 Å². The van der Waals surface area contributed by atoms with Gasteiger partial charge in [0, 0.05) is 29.4 Å². The average molecular weight is 426 g/mol. The van der Waals surface area contributed by atoms with Crippen LogP contribution in [0.2, 0.25) is 0 Å². The average Bonchev–Trinajstić information content (AvgIpc) is 3.12. The first-order valence-corrected chi connectivity index (χ1v) is 11.4. The third-order valence-electron chi connectivity index (χ3n) is 4.90. The van der Waals surface area contributed by atoms with Gasteiger partial charge in [-0.05, 0) is 71.3 Å². The van der Waals surface area contributed by atoms with Gasteiger partial charge in [0.15, 0.2) is 5.78 Å². The summed E-state index contributed by atoms with van der Waals surface area (Å²) in [6.07, 6.45) is 2.04. The lowest BCUT2D eigenvalue weighted by Crippen LogP contribution is -2.38. The Morgan fingerprint density at radius 1 is 1.33 bits per heavy atom. The van der Waals surface area contributed by atoms with Crippen LogP contribution in [-0.2, 0) is 6.54 Å². The zero-order valence-electron chi connectivity index (χ0n) is 18.3. The Labute approximate surface area is 183 Å². The van der Waals surface area contributed by atoms with Gasteiger partial charge in [-0.1, -0.05) is 24.0 Å². The second kappa shape index (κ2) is 9.78. The van der Waals surface area contributed by atoms with Crippen molar-refractivity contribution in [3.63, 3.8) is 0 Å². The van der Waals surface area contributed by atoms with Gasteiger partial charge in [0.1, 0.15) is 11.4 Å². The van der Waals surface area contributed by atoms with Crippen LogP contribution in [0.3, 0.4) is 0 Å². The van der Waals surface area contributed by atoms with Crippen molar-refractivity contribution in [2.24, 2.45) is 5.92 Å². The van der Waals surface area contributed by atoms with Gasteiger partial charge >= 0.3 is 0 Å². The topological polar surface area (TPSA) is 49.8 Å². The molecule has 0 unspecified atom stereocenters. The molecule has 0 aliphatic carbocycles. The Bertz CT molecular complexity index is 930. The van der Waals surface area contributed by atoms with Crippen molar-refractivity contribution in [1.29, 1.82) is 0 Å². The van der Waals surface area contributed by atoms with Crippen molar-refractivity contribution in [3.05, 3.63) is 51.7 Å². The molecule has 1 atom stereocenters. The van der Waals surface area contributed by atoms with Crippen LogP contribution in [-0.4, -0.2) is 40.6 Å². The van der Waals surface area contributed by atoms with Gasteiger partial charge in [-0.2, -0.15) is 0 Å². The maximum absolute atomic E-state index is 13.1. The summed E-state index contributed by atoms with van der Waals surface area (Å²) in [7, 11) is 0. The minimum Gasteiger partial charge on any atom is -0.491 e. The highest BCUT2D eigenvalue weighted by atomic mass is 32.1. The third kappa shape index (κ3) is 6.70. The molecule has 1 N–H and O–H groups in total. The van der Waals surface area contributed by atoms with Crippen LogP contribution in [0.4, 0.5) is 0 Å². The number of piperidine rings is 1. The number of hydrogen-bond acceptors (Lipinski definition) is 5. The molecule has 0 spiro atoms. The predicted molar refractivity (Wildman–Crippen MR) is 122 cm³/mol. The number of ketones is 1. The maximum Gasteiger partial charge on any atom is 0.167 e. The molecular weight excluding hydrogens is 394 g/mol. The van der Waals surface area contributed by atoms with E-state index < -0.39 is 5.60 Å². The Hall–Kier alpha value is -2.13. The molecule has 1 aromatic carbocycles. The zero-order valence-corrected chi connectivity index (χ0v) is 19.1. The van der Waals surface area contributed by atoms with Gasteiger partial charge < -0.3 is 9.84 Å². The first kappa shape index (κ1) is 22.6. The zero-order chi connectivity index (χ0) is 21.7. The Morgan fingerprint density at radius 3 is 2.87 bits per heavy atom. The van der Waals surface area contributed by atoms with E-state index in [1.807, 2.05) is 44.2 Å². The summed E-state index contributed by atoms with van der Waals surface area (Å²) in [5.74, 6) is 6.88. The van der Waals surface area contributed by atoms with E-state index in [2.05, 4.69) is 22.8 Å². The Morgan fingerprint density at radius 2 is 2.13 bits per heavy atom. The number of carbonyl (C=O) groups excluding carboxylic acids is 1. The molecule has 1 fully saturated rings. The molecule has 2 aromatic rings. The molecule has 30 heavy (non-hydrogen) atoms.